The number of fused-ring (bicyclic) bond motifs is 1. The zero-order chi connectivity index (χ0) is 16.2. The van der Waals surface area contributed by atoms with Gasteiger partial charge in [0, 0.05) is 29.5 Å². The van der Waals surface area contributed by atoms with Crippen LogP contribution in [0.15, 0.2) is 48.7 Å². The Labute approximate surface area is 137 Å². The van der Waals surface area contributed by atoms with E-state index in [-0.39, 0.29) is 24.5 Å². The second-order valence-electron chi connectivity index (χ2n) is 5.12. The fourth-order valence-corrected chi connectivity index (χ4v) is 2.53. The standard InChI is InChI=1S/C17H14ClN3O2/c18-14-4-2-1-3-13(14)16(22)7-8-17(23)20-12-6-5-11-10-19-21-15(11)9-12/h1-6,9-10H,7-8H2,(H,19,21)(H,20,23). The Balaban J connectivity index is 1.59. The second-order valence-corrected chi connectivity index (χ2v) is 5.53. The van der Waals surface area contributed by atoms with E-state index in [0.717, 1.165) is 10.9 Å². The van der Waals surface area contributed by atoms with Gasteiger partial charge in [0.2, 0.25) is 5.91 Å². The minimum absolute atomic E-state index is 0.102. The number of hydrogen-bond donors (Lipinski definition) is 2. The quantitative estimate of drug-likeness (QED) is 0.699. The number of benzene rings is 2. The van der Waals surface area contributed by atoms with Crippen LogP contribution in [0.2, 0.25) is 5.02 Å². The lowest BCUT2D eigenvalue weighted by Crippen LogP contribution is -2.13. The van der Waals surface area contributed by atoms with E-state index >= 15 is 0 Å². The highest BCUT2D eigenvalue weighted by Gasteiger charge is 2.12. The third kappa shape index (κ3) is 3.57. The van der Waals surface area contributed by atoms with Gasteiger partial charge in [0.15, 0.2) is 5.78 Å². The molecular weight excluding hydrogens is 314 g/mol. The van der Waals surface area contributed by atoms with E-state index in [4.69, 9.17) is 11.6 Å². The number of carbonyl (C=O) groups is 2. The number of ketones is 1. The minimum Gasteiger partial charge on any atom is -0.326 e. The van der Waals surface area contributed by atoms with Crippen molar-refractivity contribution in [1.29, 1.82) is 0 Å². The molecule has 0 unspecified atom stereocenters. The normalized spacial score (nSPS) is 10.7. The maximum Gasteiger partial charge on any atom is 0.224 e. The van der Waals surface area contributed by atoms with Crippen LogP contribution in [0.4, 0.5) is 5.69 Å². The number of nitrogens with one attached hydrogen (secondary N) is 2. The third-order valence-corrected chi connectivity index (χ3v) is 3.81. The lowest BCUT2D eigenvalue weighted by molar-refractivity contribution is -0.116. The van der Waals surface area contributed by atoms with E-state index in [1.54, 1.807) is 42.6 Å². The summed E-state index contributed by atoms with van der Waals surface area (Å²) in [5.74, 6) is -0.362. The van der Waals surface area contributed by atoms with Crippen LogP contribution in [0.25, 0.3) is 10.9 Å². The van der Waals surface area contributed by atoms with Gasteiger partial charge < -0.3 is 5.32 Å². The number of halogens is 1. The number of amides is 1. The van der Waals surface area contributed by atoms with Crippen molar-refractivity contribution in [1.82, 2.24) is 10.2 Å². The van der Waals surface area contributed by atoms with Crippen molar-refractivity contribution in [2.75, 3.05) is 5.32 Å². The first-order valence-electron chi connectivity index (χ1n) is 7.14. The van der Waals surface area contributed by atoms with Gasteiger partial charge in [-0.25, -0.2) is 0 Å². The smallest absolute Gasteiger partial charge is 0.224 e. The fraction of sp³-hybridized carbons (Fsp3) is 0.118. The molecule has 1 aromatic heterocycles. The molecule has 0 aliphatic heterocycles. The van der Waals surface area contributed by atoms with E-state index in [1.807, 2.05) is 6.07 Å². The molecule has 3 rings (SSSR count). The van der Waals surface area contributed by atoms with Crippen molar-refractivity contribution >= 4 is 39.9 Å². The van der Waals surface area contributed by atoms with Gasteiger partial charge in [0.25, 0.3) is 0 Å². The van der Waals surface area contributed by atoms with Crippen LogP contribution in [0.1, 0.15) is 23.2 Å². The predicted molar refractivity (Wildman–Crippen MR) is 89.7 cm³/mol. The highest BCUT2D eigenvalue weighted by atomic mass is 35.5. The Bertz CT molecular complexity index is 873. The molecule has 1 heterocycles. The average molecular weight is 328 g/mol. The molecule has 0 aliphatic rings. The van der Waals surface area contributed by atoms with Crippen LogP contribution in [-0.4, -0.2) is 21.9 Å². The first-order valence-corrected chi connectivity index (χ1v) is 7.52. The molecule has 23 heavy (non-hydrogen) atoms. The van der Waals surface area contributed by atoms with Gasteiger partial charge in [0.1, 0.15) is 0 Å². The van der Waals surface area contributed by atoms with Crippen LogP contribution in [0.3, 0.4) is 0 Å². The zero-order valence-corrected chi connectivity index (χ0v) is 12.9. The Morgan fingerprint density at radius 1 is 1.13 bits per heavy atom. The molecule has 2 N–H and O–H groups in total. The average Bonchev–Trinajstić information content (AvgIpc) is 3.01. The maximum absolute atomic E-state index is 12.1. The number of hydrogen-bond acceptors (Lipinski definition) is 3. The number of aromatic amines is 1. The molecule has 6 heteroatoms. The summed E-state index contributed by atoms with van der Waals surface area (Å²) in [5, 5.41) is 10.9. The van der Waals surface area contributed by atoms with Crippen molar-refractivity contribution in [2.45, 2.75) is 12.8 Å². The van der Waals surface area contributed by atoms with Gasteiger partial charge in [-0.1, -0.05) is 23.7 Å². The van der Waals surface area contributed by atoms with Gasteiger partial charge in [-0.05, 0) is 30.3 Å². The Morgan fingerprint density at radius 2 is 1.96 bits per heavy atom. The molecule has 0 saturated carbocycles. The van der Waals surface area contributed by atoms with Crippen molar-refractivity contribution < 1.29 is 9.59 Å². The SMILES string of the molecule is O=C(CCC(=O)c1ccccc1Cl)Nc1ccc2cn[nH]c2c1. The van der Waals surface area contributed by atoms with Crippen LogP contribution in [-0.2, 0) is 4.79 Å². The largest absolute Gasteiger partial charge is 0.326 e. The predicted octanol–water partition coefficient (Wildman–Crippen LogP) is 3.82. The van der Waals surface area contributed by atoms with Crippen LogP contribution >= 0.6 is 11.6 Å². The van der Waals surface area contributed by atoms with Crippen LogP contribution in [0, 0.1) is 0 Å². The zero-order valence-electron chi connectivity index (χ0n) is 12.2. The third-order valence-electron chi connectivity index (χ3n) is 3.48. The summed E-state index contributed by atoms with van der Waals surface area (Å²) in [6.45, 7) is 0. The Hall–Kier alpha value is -2.66. The fourth-order valence-electron chi connectivity index (χ4n) is 2.29. The van der Waals surface area contributed by atoms with Gasteiger partial charge >= 0.3 is 0 Å². The molecule has 0 spiro atoms. The highest BCUT2D eigenvalue weighted by molar-refractivity contribution is 6.34. The molecule has 0 saturated heterocycles. The summed E-state index contributed by atoms with van der Waals surface area (Å²) in [6, 6.07) is 12.3. The summed E-state index contributed by atoms with van der Waals surface area (Å²) in [7, 11) is 0. The number of rotatable bonds is 5. The number of Topliss-reactive ketones (excluding diaryl/α,β-unsaturated/α-hetero) is 1. The van der Waals surface area contributed by atoms with E-state index in [2.05, 4.69) is 15.5 Å². The molecule has 0 bridgehead atoms. The molecule has 1 amide bonds. The molecule has 5 nitrogen and oxygen atoms in total. The van der Waals surface area contributed by atoms with Gasteiger partial charge in [-0.2, -0.15) is 5.10 Å². The summed E-state index contributed by atoms with van der Waals surface area (Å²) in [6.07, 6.45) is 1.93. The number of nitrogens with zero attached hydrogens (tertiary/aromatic N) is 1. The highest BCUT2D eigenvalue weighted by Crippen LogP contribution is 2.19. The molecule has 2 aromatic carbocycles. The van der Waals surface area contributed by atoms with E-state index in [1.165, 1.54) is 0 Å². The van der Waals surface area contributed by atoms with E-state index in [0.29, 0.717) is 16.3 Å². The number of carbonyl (C=O) groups excluding carboxylic acids is 2. The van der Waals surface area contributed by atoms with E-state index < -0.39 is 0 Å². The summed E-state index contributed by atoms with van der Waals surface area (Å²) in [5.41, 5.74) is 1.95. The molecule has 0 aliphatic carbocycles. The van der Waals surface area contributed by atoms with Crippen molar-refractivity contribution in [3.63, 3.8) is 0 Å². The minimum atomic E-state index is -0.218. The van der Waals surface area contributed by atoms with Crippen molar-refractivity contribution in [2.24, 2.45) is 0 Å². The summed E-state index contributed by atoms with van der Waals surface area (Å²) < 4.78 is 0. The van der Waals surface area contributed by atoms with Crippen LogP contribution < -0.4 is 5.32 Å². The van der Waals surface area contributed by atoms with Crippen molar-refractivity contribution in [3.8, 4) is 0 Å². The number of H-pyrrole nitrogens is 1. The van der Waals surface area contributed by atoms with Gasteiger partial charge in [-0.3, -0.25) is 14.7 Å². The van der Waals surface area contributed by atoms with E-state index in [9.17, 15) is 9.59 Å². The Kier molecular flexibility index (Phi) is 4.39. The van der Waals surface area contributed by atoms with Gasteiger partial charge in [0.05, 0.1) is 16.7 Å². The molecule has 0 radical (unpaired) electrons. The van der Waals surface area contributed by atoms with Crippen LogP contribution in [0.5, 0.6) is 0 Å². The molecule has 0 atom stereocenters. The molecule has 0 fully saturated rings. The lowest BCUT2D eigenvalue weighted by Gasteiger charge is -2.06. The molecular formula is C17H14ClN3O2. The summed E-state index contributed by atoms with van der Waals surface area (Å²) in [4.78, 5) is 24.1. The molecule has 3 aromatic rings. The number of aromatic nitrogens is 2. The summed E-state index contributed by atoms with van der Waals surface area (Å²) >= 11 is 5.98. The molecule has 116 valence electrons. The topological polar surface area (TPSA) is 74.8 Å². The number of anilines is 1. The first kappa shape index (κ1) is 15.2. The monoisotopic (exact) mass is 327 g/mol. The van der Waals surface area contributed by atoms with Crippen molar-refractivity contribution in [3.05, 3.63) is 59.2 Å². The second kappa shape index (κ2) is 6.62. The van der Waals surface area contributed by atoms with Gasteiger partial charge in [-0.15, -0.1) is 0 Å². The maximum atomic E-state index is 12.1. The Morgan fingerprint density at radius 3 is 2.78 bits per heavy atom. The lowest BCUT2D eigenvalue weighted by atomic mass is 10.1. The first-order chi connectivity index (χ1) is 11.1.